The molecule has 120 valence electrons. The molecule has 0 aliphatic carbocycles. The first-order chi connectivity index (χ1) is 11.1. The molecule has 2 rings (SSSR count). The summed E-state index contributed by atoms with van der Waals surface area (Å²) >= 11 is 5.05. The molecule has 0 atom stereocenters. The van der Waals surface area contributed by atoms with E-state index in [-0.39, 0.29) is 10.7 Å². The van der Waals surface area contributed by atoms with E-state index in [2.05, 4.69) is 15.8 Å². The van der Waals surface area contributed by atoms with Crippen LogP contribution >= 0.6 is 12.2 Å². The van der Waals surface area contributed by atoms with Crippen molar-refractivity contribution < 1.29 is 13.5 Å². The summed E-state index contributed by atoms with van der Waals surface area (Å²) in [5.74, 6) is -0.633. The SMILES string of the molecule is CCOc1ccc(NC(=S)N/N=C\c2c(F)cccc2F)cc1. The lowest BCUT2D eigenvalue weighted by molar-refractivity contribution is 0.340. The molecule has 4 nitrogen and oxygen atoms in total. The number of hydrazone groups is 1. The number of nitrogens with one attached hydrogen (secondary N) is 2. The van der Waals surface area contributed by atoms with Gasteiger partial charge in [0, 0.05) is 5.69 Å². The summed E-state index contributed by atoms with van der Waals surface area (Å²) in [4.78, 5) is 0. The maximum absolute atomic E-state index is 13.4. The van der Waals surface area contributed by atoms with Crippen LogP contribution in [0.1, 0.15) is 12.5 Å². The van der Waals surface area contributed by atoms with Gasteiger partial charge in [0.05, 0.1) is 18.4 Å². The van der Waals surface area contributed by atoms with Crippen molar-refractivity contribution in [2.24, 2.45) is 5.10 Å². The summed E-state index contributed by atoms with van der Waals surface area (Å²) in [6, 6.07) is 10.8. The van der Waals surface area contributed by atoms with E-state index in [0.717, 1.165) is 29.8 Å². The van der Waals surface area contributed by atoms with Crippen LogP contribution in [-0.4, -0.2) is 17.9 Å². The van der Waals surface area contributed by atoms with Crippen LogP contribution < -0.4 is 15.5 Å². The molecule has 0 unspecified atom stereocenters. The van der Waals surface area contributed by atoms with Gasteiger partial charge >= 0.3 is 0 Å². The first-order valence-corrected chi connectivity index (χ1v) is 7.28. The van der Waals surface area contributed by atoms with Crippen LogP contribution in [0, 0.1) is 11.6 Å². The first kappa shape index (κ1) is 16.8. The number of halogens is 2. The summed E-state index contributed by atoms with van der Waals surface area (Å²) in [6.45, 7) is 2.50. The Hall–Kier alpha value is -2.54. The van der Waals surface area contributed by atoms with Crippen LogP contribution in [0.5, 0.6) is 5.75 Å². The van der Waals surface area contributed by atoms with Crippen molar-refractivity contribution in [3.05, 3.63) is 59.7 Å². The molecule has 0 saturated heterocycles. The molecular formula is C16H15F2N3OS. The van der Waals surface area contributed by atoms with E-state index in [1.165, 1.54) is 6.07 Å². The summed E-state index contributed by atoms with van der Waals surface area (Å²) in [5, 5.41) is 6.81. The molecule has 0 aliphatic heterocycles. The Kier molecular flexibility index (Phi) is 5.99. The van der Waals surface area contributed by atoms with Crippen LogP contribution in [-0.2, 0) is 0 Å². The zero-order valence-corrected chi connectivity index (χ0v) is 13.2. The predicted octanol–water partition coefficient (Wildman–Crippen LogP) is 3.68. The number of nitrogens with zero attached hydrogens (tertiary/aromatic N) is 1. The highest BCUT2D eigenvalue weighted by molar-refractivity contribution is 7.80. The zero-order chi connectivity index (χ0) is 16.7. The predicted molar refractivity (Wildman–Crippen MR) is 90.9 cm³/mol. The Morgan fingerprint density at radius 2 is 1.83 bits per heavy atom. The van der Waals surface area contributed by atoms with E-state index in [9.17, 15) is 8.78 Å². The number of anilines is 1. The summed E-state index contributed by atoms with van der Waals surface area (Å²) in [5.41, 5.74) is 3.00. The molecule has 2 aromatic carbocycles. The highest BCUT2D eigenvalue weighted by Gasteiger charge is 2.05. The fourth-order valence-corrected chi connectivity index (χ4v) is 1.92. The molecule has 7 heteroatoms. The number of rotatable bonds is 5. The highest BCUT2D eigenvalue weighted by Crippen LogP contribution is 2.15. The van der Waals surface area contributed by atoms with Gasteiger partial charge < -0.3 is 10.1 Å². The number of thiocarbonyl (C=S) groups is 1. The van der Waals surface area contributed by atoms with Gasteiger partial charge in [0.15, 0.2) is 5.11 Å². The molecule has 0 heterocycles. The fraction of sp³-hybridized carbons (Fsp3) is 0.125. The molecule has 0 amide bonds. The van der Waals surface area contributed by atoms with Crippen molar-refractivity contribution in [1.29, 1.82) is 0 Å². The monoisotopic (exact) mass is 335 g/mol. The van der Waals surface area contributed by atoms with E-state index >= 15 is 0 Å². The van der Waals surface area contributed by atoms with Crippen molar-refractivity contribution in [3.63, 3.8) is 0 Å². The van der Waals surface area contributed by atoms with Gasteiger partial charge in [0.1, 0.15) is 17.4 Å². The first-order valence-electron chi connectivity index (χ1n) is 6.87. The van der Waals surface area contributed by atoms with Gasteiger partial charge in [-0.05, 0) is 55.5 Å². The van der Waals surface area contributed by atoms with Crippen molar-refractivity contribution >= 4 is 29.2 Å². The van der Waals surface area contributed by atoms with Gasteiger partial charge in [-0.2, -0.15) is 5.10 Å². The topological polar surface area (TPSA) is 45.6 Å². The van der Waals surface area contributed by atoms with Crippen LogP contribution in [0.3, 0.4) is 0 Å². The fourth-order valence-electron chi connectivity index (χ4n) is 1.75. The number of ether oxygens (including phenoxy) is 1. The molecule has 0 aromatic heterocycles. The number of benzene rings is 2. The van der Waals surface area contributed by atoms with Crippen molar-refractivity contribution in [3.8, 4) is 5.75 Å². The number of hydrogen-bond acceptors (Lipinski definition) is 3. The zero-order valence-electron chi connectivity index (χ0n) is 12.3. The van der Waals surface area contributed by atoms with Crippen molar-refractivity contribution in [1.82, 2.24) is 5.43 Å². The Morgan fingerprint density at radius 1 is 1.17 bits per heavy atom. The molecule has 2 aromatic rings. The van der Waals surface area contributed by atoms with Gasteiger partial charge in [0.25, 0.3) is 0 Å². The normalized spacial score (nSPS) is 10.6. The second-order valence-electron chi connectivity index (χ2n) is 4.42. The van der Waals surface area contributed by atoms with E-state index < -0.39 is 11.6 Å². The highest BCUT2D eigenvalue weighted by atomic mass is 32.1. The van der Waals surface area contributed by atoms with E-state index in [0.29, 0.717) is 6.61 Å². The Bertz CT molecular complexity index is 685. The second kappa shape index (κ2) is 8.19. The summed E-state index contributed by atoms with van der Waals surface area (Å²) in [6.07, 6.45) is 1.04. The Balaban J connectivity index is 1.91. The van der Waals surface area contributed by atoms with Gasteiger partial charge in [-0.1, -0.05) is 6.07 Å². The van der Waals surface area contributed by atoms with Crippen LogP contribution in [0.15, 0.2) is 47.6 Å². The second-order valence-corrected chi connectivity index (χ2v) is 4.83. The van der Waals surface area contributed by atoms with Crippen molar-refractivity contribution in [2.45, 2.75) is 6.92 Å². The maximum atomic E-state index is 13.4. The molecule has 0 aliphatic rings. The average Bonchev–Trinajstić information content (AvgIpc) is 2.52. The van der Waals surface area contributed by atoms with E-state index in [1.807, 2.05) is 6.92 Å². The van der Waals surface area contributed by atoms with Crippen LogP contribution in [0.2, 0.25) is 0 Å². The van der Waals surface area contributed by atoms with Gasteiger partial charge in [-0.25, -0.2) is 8.78 Å². The van der Waals surface area contributed by atoms with E-state index in [4.69, 9.17) is 17.0 Å². The molecule has 0 fully saturated rings. The lowest BCUT2D eigenvalue weighted by Crippen LogP contribution is -2.23. The Labute approximate surface area is 138 Å². The average molecular weight is 335 g/mol. The molecule has 0 radical (unpaired) electrons. The number of hydrogen-bond donors (Lipinski definition) is 2. The largest absolute Gasteiger partial charge is 0.494 e. The maximum Gasteiger partial charge on any atom is 0.191 e. The minimum Gasteiger partial charge on any atom is -0.494 e. The molecule has 0 saturated carbocycles. The standard InChI is InChI=1S/C16H15F2N3OS/c1-2-22-12-8-6-11(7-9-12)20-16(23)21-19-10-13-14(17)4-3-5-15(13)18/h3-10H,2H2,1H3,(H2,20,21,23)/b19-10-. The quantitative estimate of drug-likeness (QED) is 0.497. The summed E-state index contributed by atoms with van der Waals surface area (Å²) in [7, 11) is 0. The molecular weight excluding hydrogens is 320 g/mol. The Morgan fingerprint density at radius 3 is 2.43 bits per heavy atom. The van der Waals surface area contributed by atoms with E-state index in [1.54, 1.807) is 24.3 Å². The molecule has 0 spiro atoms. The third-order valence-electron chi connectivity index (χ3n) is 2.78. The third kappa shape index (κ3) is 5.00. The van der Waals surface area contributed by atoms with Gasteiger partial charge in [-0.3, -0.25) is 5.43 Å². The van der Waals surface area contributed by atoms with Gasteiger partial charge in [0.2, 0.25) is 0 Å². The van der Waals surface area contributed by atoms with Gasteiger partial charge in [-0.15, -0.1) is 0 Å². The van der Waals surface area contributed by atoms with Crippen molar-refractivity contribution in [2.75, 3.05) is 11.9 Å². The van der Waals surface area contributed by atoms with Crippen LogP contribution in [0.4, 0.5) is 14.5 Å². The third-order valence-corrected chi connectivity index (χ3v) is 2.98. The lowest BCUT2D eigenvalue weighted by atomic mass is 10.2. The lowest BCUT2D eigenvalue weighted by Gasteiger charge is -2.08. The minimum absolute atomic E-state index is 0.196. The smallest absolute Gasteiger partial charge is 0.191 e. The molecule has 23 heavy (non-hydrogen) atoms. The molecule has 0 bridgehead atoms. The molecule has 2 N–H and O–H groups in total. The minimum atomic E-state index is -0.694. The van der Waals surface area contributed by atoms with Crippen LogP contribution in [0.25, 0.3) is 0 Å². The summed E-state index contributed by atoms with van der Waals surface area (Å²) < 4.78 is 32.1.